The molecule has 0 fully saturated rings. The van der Waals surface area contributed by atoms with E-state index in [4.69, 9.17) is 4.74 Å². The van der Waals surface area contributed by atoms with Crippen molar-refractivity contribution in [3.63, 3.8) is 0 Å². The lowest BCUT2D eigenvalue weighted by molar-refractivity contribution is -0.118. The summed E-state index contributed by atoms with van der Waals surface area (Å²) >= 11 is 1.29. The molecule has 0 aliphatic carbocycles. The number of aromatic nitrogens is 3. The number of thioether (sulfide) groups is 1. The molecular formula is C21H23FN4O2S. The van der Waals surface area contributed by atoms with Gasteiger partial charge in [0.1, 0.15) is 17.9 Å². The van der Waals surface area contributed by atoms with Crippen molar-refractivity contribution < 1.29 is 13.9 Å². The van der Waals surface area contributed by atoms with Crippen molar-refractivity contribution in [3.05, 3.63) is 66.2 Å². The Hall–Kier alpha value is -2.87. The molecule has 2 aromatic carbocycles. The number of hydrogen-bond acceptors (Lipinski definition) is 5. The predicted molar refractivity (Wildman–Crippen MR) is 111 cm³/mol. The molecule has 0 aliphatic rings. The highest BCUT2D eigenvalue weighted by atomic mass is 32.2. The normalized spacial score (nSPS) is 11.3. The fourth-order valence-electron chi connectivity index (χ4n) is 2.85. The molecule has 8 heteroatoms. The Balaban J connectivity index is 1.58. The molecule has 1 heterocycles. The number of halogens is 1. The first kappa shape index (κ1) is 20.9. The molecular weight excluding hydrogens is 391 g/mol. The fourth-order valence-corrected chi connectivity index (χ4v) is 3.61. The number of ether oxygens (including phenoxy) is 1. The van der Waals surface area contributed by atoms with Crippen LogP contribution in [0.2, 0.25) is 0 Å². The first-order chi connectivity index (χ1) is 13.9. The van der Waals surface area contributed by atoms with Crippen LogP contribution < -0.4 is 10.1 Å². The number of nitrogens with one attached hydrogen (secondary N) is 1. The minimum atomic E-state index is -0.519. The summed E-state index contributed by atoms with van der Waals surface area (Å²) in [4.78, 5) is 12.3. The Morgan fingerprint density at radius 2 is 1.93 bits per heavy atom. The smallest absolute Gasteiger partial charge is 0.230 e. The van der Waals surface area contributed by atoms with Crippen LogP contribution in [0.4, 0.5) is 4.39 Å². The van der Waals surface area contributed by atoms with E-state index in [9.17, 15) is 9.18 Å². The van der Waals surface area contributed by atoms with Crippen LogP contribution in [0.15, 0.2) is 60.0 Å². The van der Waals surface area contributed by atoms with Gasteiger partial charge in [-0.25, -0.2) is 4.39 Å². The van der Waals surface area contributed by atoms with Crippen molar-refractivity contribution in [2.45, 2.75) is 24.4 Å². The van der Waals surface area contributed by atoms with E-state index in [2.05, 4.69) is 15.5 Å². The van der Waals surface area contributed by atoms with Crippen LogP contribution in [0.1, 0.15) is 19.4 Å². The Morgan fingerprint density at radius 3 is 2.62 bits per heavy atom. The molecule has 0 unspecified atom stereocenters. The van der Waals surface area contributed by atoms with Crippen LogP contribution in [0.5, 0.6) is 5.75 Å². The van der Waals surface area contributed by atoms with E-state index in [1.165, 1.54) is 17.8 Å². The van der Waals surface area contributed by atoms with Gasteiger partial charge in [-0.05, 0) is 35.9 Å². The largest absolute Gasteiger partial charge is 0.497 e. The Bertz CT molecular complexity index is 973. The summed E-state index contributed by atoms with van der Waals surface area (Å²) in [5, 5.41) is 11.5. The number of methoxy groups -OCH3 is 1. The molecule has 1 N–H and O–H groups in total. The monoisotopic (exact) mass is 414 g/mol. The van der Waals surface area contributed by atoms with Gasteiger partial charge in [-0.15, -0.1) is 10.2 Å². The molecule has 1 amide bonds. The van der Waals surface area contributed by atoms with Gasteiger partial charge in [0.05, 0.1) is 12.9 Å². The molecule has 3 rings (SSSR count). The lowest BCUT2D eigenvalue weighted by Gasteiger charge is -2.26. The second-order valence-corrected chi connectivity index (χ2v) is 8.05. The zero-order chi connectivity index (χ0) is 20.9. The predicted octanol–water partition coefficient (Wildman–Crippen LogP) is 3.60. The number of carbonyl (C=O) groups excluding carboxylic acids is 1. The van der Waals surface area contributed by atoms with Crippen LogP contribution >= 0.6 is 11.8 Å². The highest BCUT2D eigenvalue weighted by Crippen LogP contribution is 2.25. The Morgan fingerprint density at radius 1 is 1.21 bits per heavy atom. The molecule has 0 aliphatic heterocycles. The Kier molecular flexibility index (Phi) is 6.53. The van der Waals surface area contributed by atoms with Gasteiger partial charge in [-0.1, -0.05) is 43.8 Å². The van der Waals surface area contributed by atoms with Gasteiger partial charge in [0.25, 0.3) is 0 Å². The number of rotatable bonds is 8. The Labute approximate surface area is 173 Å². The maximum atomic E-state index is 14.1. The molecule has 1 aromatic heterocycles. The lowest BCUT2D eigenvalue weighted by atomic mass is 9.84. The average Bonchev–Trinajstić information content (AvgIpc) is 3.19. The number of carbonyl (C=O) groups is 1. The van der Waals surface area contributed by atoms with Gasteiger partial charge in [0, 0.05) is 17.6 Å². The summed E-state index contributed by atoms with van der Waals surface area (Å²) in [5.74, 6) is 0.521. The summed E-state index contributed by atoms with van der Waals surface area (Å²) in [6.45, 7) is 4.14. The van der Waals surface area contributed by atoms with E-state index >= 15 is 0 Å². The van der Waals surface area contributed by atoms with Crippen LogP contribution in [0.25, 0.3) is 5.69 Å². The fraction of sp³-hybridized carbons (Fsp3) is 0.286. The standard InChI is InChI=1S/C21H23FN4O2S/c1-21(2,17-6-4-5-7-18(17)22)13-23-19(27)12-29-20-25-24-14-26(20)15-8-10-16(28-3)11-9-15/h4-11,14H,12-13H2,1-3H3,(H,23,27). The van der Waals surface area contributed by atoms with E-state index in [0.717, 1.165) is 11.4 Å². The first-order valence-corrected chi connectivity index (χ1v) is 10.1. The van der Waals surface area contributed by atoms with Crippen molar-refractivity contribution in [2.75, 3.05) is 19.4 Å². The van der Waals surface area contributed by atoms with Crippen LogP contribution in [-0.4, -0.2) is 40.1 Å². The molecule has 0 saturated carbocycles. The highest BCUT2D eigenvalue weighted by molar-refractivity contribution is 7.99. The van der Waals surface area contributed by atoms with Crippen LogP contribution in [-0.2, 0) is 10.2 Å². The topological polar surface area (TPSA) is 69.0 Å². The molecule has 0 spiro atoms. The highest BCUT2D eigenvalue weighted by Gasteiger charge is 2.24. The van der Waals surface area contributed by atoms with Crippen molar-refractivity contribution >= 4 is 17.7 Å². The summed E-state index contributed by atoms with van der Waals surface area (Å²) in [7, 11) is 1.61. The molecule has 3 aromatic rings. The minimum Gasteiger partial charge on any atom is -0.497 e. The molecule has 29 heavy (non-hydrogen) atoms. The second kappa shape index (κ2) is 9.09. The maximum absolute atomic E-state index is 14.1. The third-order valence-corrected chi connectivity index (χ3v) is 5.47. The molecule has 6 nitrogen and oxygen atoms in total. The third kappa shape index (κ3) is 5.14. The van der Waals surface area contributed by atoms with E-state index in [0.29, 0.717) is 17.3 Å². The summed E-state index contributed by atoms with van der Waals surface area (Å²) in [6.07, 6.45) is 1.60. The molecule has 0 bridgehead atoms. The first-order valence-electron chi connectivity index (χ1n) is 9.09. The van der Waals surface area contributed by atoms with E-state index in [-0.39, 0.29) is 17.5 Å². The quantitative estimate of drug-likeness (QED) is 0.571. The van der Waals surface area contributed by atoms with Crippen LogP contribution in [0, 0.1) is 5.82 Å². The average molecular weight is 415 g/mol. The molecule has 0 radical (unpaired) electrons. The van der Waals surface area contributed by atoms with E-state index in [1.54, 1.807) is 36.2 Å². The van der Waals surface area contributed by atoms with Crippen molar-refractivity contribution in [3.8, 4) is 11.4 Å². The summed E-state index contributed by atoms with van der Waals surface area (Å²) in [6, 6.07) is 14.1. The summed E-state index contributed by atoms with van der Waals surface area (Å²) in [5.41, 5.74) is 0.931. The van der Waals surface area contributed by atoms with Gasteiger partial charge >= 0.3 is 0 Å². The van der Waals surface area contributed by atoms with Crippen molar-refractivity contribution in [2.24, 2.45) is 0 Å². The lowest BCUT2D eigenvalue weighted by Crippen LogP contribution is -2.38. The van der Waals surface area contributed by atoms with Crippen molar-refractivity contribution in [1.82, 2.24) is 20.1 Å². The van der Waals surface area contributed by atoms with E-state index in [1.807, 2.05) is 38.1 Å². The third-order valence-electron chi connectivity index (χ3n) is 4.53. The van der Waals surface area contributed by atoms with Crippen molar-refractivity contribution in [1.29, 1.82) is 0 Å². The molecule has 0 atom stereocenters. The van der Waals surface area contributed by atoms with Crippen LogP contribution in [0.3, 0.4) is 0 Å². The molecule has 0 saturated heterocycles. The maximum Gasteiger partial charge on any atom is 0.230 e. The summed E-state index contributed by atoms with van der Waals surface area (Å²) < 4.78 is 21.0. The molecule has 152 valence electrons. The SMILES string of the molecule is COc1ccc(-n2cnnc2SCC(=O)NCC(C)(C)c2ccccc2F)cc1. The van der Waals surface area contributed by atoms with Gasteiger partial charge in [0.15, 0.2) is 5.16 Å². The number of amides is 1. The zero-order valence-electron chi connectivity index (χ0n) is 16.6. The van der Waals surface area contributed by atoms with E-state index < -0.39 is 5.41 Å². The van der Waals surface area contributed by atoms with Gasteiger partial charge in [0.2, 0.25) is 5.91 Å². The van der Waals surface area contributed by atoms with Gasteiger partial charge < -0.3 is 10.1 Å². The number of benzene rings is 2. The second-order valence-electron chi connectivity index (χ2n) is 7.11. The number of nitrogens with zero attached hydrogens (tertiary/aromatic N) is 3. The van der Waals surface area contributed by atoms with Gasteiger partial charge in [-0.3, -0.25) is 9.36 Å². The number of hydrogen-bond donors (Lipinski definition) is 1. The minimum absolute atomic E-state index is 0.149. The zero-order valence-corrected chi connectivity index (χ0v) is 17.4. The van der Waals surface area contributed by atoms with Gasteiger partial charge in [-0.2, -0.15) is 0 Å².